The quantitative estimate of drug-likeness (QED) is 0.545. The molecule has 7 heteroatoms. The number of halogens is 4. The average Bonchev–Trinajstić information content (AvgIpc) is 2.87. The van der Waals surface area contributed by atoms with Crippen LogP contribution in [0.25, 0.3) is 10.9 Å². The van der Waals surface area contributed by atoms with E-state index in [1.165, 1.54) is 33.8 Å². The summed E-state index contributed by atoms with van der Waals surface area (Å²) in [6.07, 6.45) is -0.771. The van der Waals surface area contributed by atoms with E-state index >= 15 is 0 Å². The van der Waals surface area contributed by atoms with Gasteiger partial charge in [0.25, 0.3) is 0 Å². The zero-order valence-electron chi connectivity index (χ0n) is 15.9. The van der Waals surface area contributed by atoms with E-state index in [0.29, 0.717) is 6.61 Å². The van der Waals surface area contributed by atoms with Crippen molar-refractivity contribution in [2.75, 3.05) is 19.7 Å². The van der Waals surface area contributed by atoms with E-state index in [4.69, 9.17) is 4.74 Å². The number of nitrogens with one attached hydrogen (secondary N) is 2. The van der Waals surface area contributed by atoms with Crippen LogP contribution in [0.5, 0.6) is 5.75 Å². The predicted molar refractivity (Wildman–Crippen MR) is 111 cm³/mol. The minimum absolute atomic E-state index is 0. The minimum Gasteiger partial charge on any atom is -0.494 e. The number of aromatic amines is 1. The van der Waals surface area contributed by atoms with Gasteiger partial charge in [0, 0.05) is 29.6 Å². The number of aryl methyl sites for hydroxylation is 1. The summed E-state index contributed by atoms with van der Waals surface area (Å²) in [5, 5.41) is 4.74. The Morgan fingerprint density at radius 1 is 1.00 bits per heavy atom. The third kappa shape index (κ3) is 4.87. The van der Waals surface area contributed by atoms with E-state index in [1.54, 1.807) is 6.07 Å². The molecule has 156 valence electrons. The number of hydrogen-bond donors (Lipinski definition) is 2. The van der Waals surface area contributed by atoms with Gasteiger partial charge in [-0.1, -0.05) is 18.2 Å². The Labute approximate surface area is 174 Å². The van der Waals surface area contributed by atoms with Crippen molar-refractivity contribution in [2.45, 2.75) is 31.9 Å². The highest BCUT2D eigenvalue weighted by atomic mass is 35.5. The fraction of sp³-hybridized carbons (Fsp3) is 0.364. The van der Waals surface area contributed by atoms with Crippen LogP contribution in [-0.4, -0.2) is 24.7 Å². The maximum atomic E-state index is 12.8. The van der Waals surface area contributed by atoms with Crippen molar-refractivity contribution in [1.82, 2.24) is 10.3 Å². The fourth-order valence-electron chi connectivity index (χ4n) is 3.91. The molecule has 29 heavy (non-hydrogen) atoms. The maximum absolute atomic E-state index is 12.8. The molecule has 0 atom stereocenters. The monoisotopic (exact) mass is 424 g/mol. The lowest BCUT2D eigenvalue weighted by Gasteiger charge is -2.11. The van der Waals surface area contributed by atoms with Gasteiger partial charge in [-0.3, -0.25) is 0 Å². The topological polar surface area (TPSA) is 37.0 Å². The van der Waals surface area contributed by atoms with E-state index < -0.39 is 11.7 Å². The summed E-state index contributed by atoms with van der Waals surface area (Å²) in [7, 11) is 0. The predicted octanol–water partition coefficient (Wildman–Crippen LogP) is 5.31. The molecule has 1 aliphatic rings. The van der Waals surface area contributed by atoms with Gasteiger partial charge in [-0.2, -0.15) is 13.2 Å². The Balaban J connectivity index is 0.00000240. The van der Waals surface area contributed by atoms with Crippen LogP contribution >= 0.6 is 12.4 Å². The zero-order valence-corrected chi connectivity index (χ0v) is 16.8. The Bertz CT molecular complexity index is 968. The molecule has 4 rings (SSSR count). The number of rotatable bonds is 5. The Morgan fingerprint density at radius 2 is 1.79 bits per heavy atom. The normalized spacial score (nSPS) is 14.2. The molecule has 3 aromatic rings. The summed E-state index contributed by atoms with van der Waals surface area (Å²) in [4.78, 5) is 3.56. The molecule has 1 aliphatic heterocycles. The number of hydrogen-bond acceptors (Lipinski definition) is 2. The van der Waals surface area contributed by atoms with Crippen LogP contribution in [0, 0.1) is 0 Å². The summed E-state index contributed by atoms with van der Waals surface area (Å²) in [6.45, 7) is 2.35. The third-order valence-electron chi connectivity index (χ3n) is 5.23. The summed E-state index contributed by atoms with van der Waals surface area (Å²) in [6, 6.07) is 11.4. The lowest BCUT2D eigenvalue weighted by Crippen LogP contribution is -2.16. The molecule has 0 spiro atoms. The van der Waals surface area contributed by atoms with E-state index in [0.717, 1.165) is 50.9 Å². The van der Waals surface area contributed by atoms with E-state index in [-0.39, 0.29) is 18.2 Å². The molecule has 0 saturated heterocycles. The first-order valence-corrected chi connectivity index (χ1v) is 9.64. The van der Waals surface area contributed by atoms with Crippen LogP contribution in [0.2, 0.25) is 0 Å². The largest absolute Gasteiger partial charge is 0.494 e. The standard InChI is InChI=1S/C22H23F3N2O.ClH/c23-22(24,25)16-6-2-7-17(14-16)28-13-3-5-15-4-1-8-20-21(15)18-9-11-26-12-10-19(18)27-20;/h1-2,4,6-8,14,26-27H,3,5,9-13H2;1H. The van der Waals surface area contributed by atoms with Gasteiger partial charge in [0.15, 0.2) is 0 Å². The first-order valence-electron chi connectivity index (χ1n) is 9.64. The van der Waals surface area contributed by atoms with Crippen molar-refractivity contribution >= 4 is 23.3 Å². The van der Waals surface area contributed by atoms with Gasteiger partial charge in [0.2, 0.25) is 0 Å². The average molecular weight is 425 g/mol. The highest BCUT2D eigenvalue weighted by Gasteiger charge is 2.30. The lowest BCUT2D eigenvalue weighted by atomic mass is 9.99. The van der Waals surface area contributed by atoms with Crippen molar-refractivity contribution in [3.63, 3.8) is 0 Å². The summed E-state index contributed by atoms with van der Waals surface area (Å²) < 4.78 is 44.0. The first-order chi connectivity index (χ1) is 13.5. The molecule has 0 saturated carbocycles. The van der Waals surface area contributed by atoms with Gasteiger partial charge >= 0.3 is 6.18 Å². The zero-order chi connectivity index (χ0) is 19.6. The molecule has 1 aromatic heterocycles. The van der Waals surface area contributed by atoms with Crippen molar-refractivity contribution in [1.29, 1.82) is 0 Å². The smallest absolute Gasteiger partial charge is 0.416 e. The van der Waals surface area contributed by atoms with E-state index in [9.17, 15) is 13.2 Å². The Kier molecular flexibility index (Phi) is 6.75. The Morgan fingerprint density at radius 3 is 2.62 bits per heavy atom. The number of ether oxygens (including phenoxy) is 1. The Hall–Kier alpha value is -2.18. The first kappa shape index (κ1) is 21.5. The van der Waals surface area contributed by atoms with Gasteiger partial charge in [0.1, 0.15) is 5.75 Å². The molecule has 0 aliphatic carbocycles. The van der Waals surface area contributed by atoms with Gasteiger partial charge in [-0.25, -0.2) is 0 Å². The molecule has 0 radical (unpaired) electrons. The van der Waals surface area contributed by atoms with Crippen LogP contribution in [0.1, 0.15) is 28.8 Å². The SMILES string of the molecule is Cl.FC(F)(F)c1cccc(OCCCc2cccc3[nH]c4c(c23)CCNCC4)c1. The van der Waals surface area contributed by atoms with Crippen molar-refractivity contribution in [2.24, 2.45) is 0 Å². The molecule has 3 nitrogen and oxygen atoms in total. The second kappa shape index (κ2) is 9.09. The molecule has 2 heterocycles. The van der Waals surface area contributed by atoms with Crippen LogP contribution in [0.4, 0.5) is 13.2 Å². The van der Waals surface area contributed by atoms with Gasteiger partial charge in [-0.05, 0) is 61.2 Å². The van der Waals surface area contributed by atoms with Crippen molar-refractivity contribution in [3.8, 4) is 5.75 Å². The number of fused-ring (bicyclic) bond motifs is 3. The van der Waals surface area contributed by atoms with Crippen LogP contribution < -0.4 is 10.1 Å². The summed E-state index contributed by atoms with van der Waals surface area (Å²) in [5.41, 5.74) is 4.47. The maximum Gasteiger partial charge on any atom is 0.416 e. The molecule has 0 amide bonds. The van der Waals surface area contributed by atoms with Gasteiger partial charge < -0.3 is 15.0 Å². The van der Waals surface area contributed by atoms with Gasteiger partial charge in [0.05, 0.1) is 12.2 Å². The van der Waals surface area contributed by atoms with Gasteiger partial charge in [-0.15, -0.1) is 12.4 Å². The molecule has 0 bridgehead atoms. The second-order valence-electron chi connectivity index (χ2n) is 7.15. The number of aromatic nitrogens is 1. The van der Waals surface area contributed by atoms with E-state index in [1.807, 2.05) is 0 Å². The fourth-order valence-corrected chi connectivity index (χ4v) is 3.91. The molecular weight excluding hydrogens is 401 g/mol. The minimum atomic E-state index is -4.35. The third-order valence-corrected chi connectivity index (χ3v) is 5.23. The van der Waals surface area contributed by atoms with Crippen LogP contribution in [0.3, 0.4) is 0 Å². The molecule has 2 aromatic carbocycles. The summed E-state index contributed by atoms with van der Waals surface area (Å²) >= 11 is 0. The number of benzene rings is 2. The number of H-pyrrole nitrogens is 1. The van der Waals surface area contributed by atoms with Crippen molar-refractivity contribution < 1.29 is 17.9 Å². The van der Waals surface area contributed by atoms with E-state index in [2.05, 4.69) is 28.5 Å². The van der Waals surface area contributed by atoms with Crippen LogP contribution in [0.15, 0.2) is 42.5 Å². The lowest BCUT2D eigenvalue weighted by molar-refractivity contribution is -0.137. The highest BCUT2D eigenvalue weighted by molar-refractivity contribution is 5.88. The van der Waals surface area contributed by atoms with Crippen molar-refractivity contribution in [3.05, 3.63) is 64.8 Å². The summed E-state index contributed by atoms with van der Waals surface area (Å²) in [5.74, 6) is 0.259. The number of alkyl halides is 3. The van der Waals surface area contributed by atoms with Crippen LogP contribution in [-0.2, 0) is 25.4 Å². The highest BCUT2D eigenvalue weighted by Crippen LogP contribution is 2.31. The molecule has 0 fully saturated rings. The molecule has 2 N–H and O–H groups in total. The molecular formula is C22H24ClF3N2O. The second-order valence-corrected chi connectivity index (χ2v) is 7.15. The molecule has 0 unspecified atom stereocenters.